The molecule has 4 nitrogen and oxygen atoms in total. The third-order valence-corrected chi connectivity index (χ3v) is 7.63. The predicted molar refractivity (Wildman–Crippen MR) is 161 cm³/mol. The fourth-order valence-electron chi connectivity index (χ4n) is 4.35. The van der Waals surface area contributed by atoms with Crippen molar-refractivity contribution in [3.8, 4) is 0 Å². The highest BCUT2D eigenvalue weighted by Gasteiger charge is 2.33. The van der Waals surface area contributed by atoms with Gasteiger partial charge in [0.2, 0.25) is 11.8 Å². The summed E-state index contributed by atoms with van der Waals surface area (Å²) in [6, 6.07) is 20.7. The first kappa shape index (κ1) is 30.1. The maximum atomic E-state index is 13.8. The van der Waals surface area contributed by atoms with Crippen LogP contribution < -0.4 is 5.32 Å². The fourth-order valence-corrected chi connectivity index (χ4v) is 5.71. The molecule has 2 amide bonds. The molecule has 0 fully saturated rings. The molecular weight excluding hydrogens is 535 g/mol. The van der Waals surface area contributed by atoms with Crippen LogP contribution in [0, 0.1) is 13.8 Å². The molecule has 0 radical (unpaired) electrons. The van der Waals surface area contributed by atoms with E-state index in [0.717, 1.165) is 5.56 Å². The molecular formula is C31H36Cl2N2O2S. The Morgan fingerprint density at radius 2 is 1.50 bits per heavy atom. The number of amides is 2. The minimum Gasteiger partial charge on any atom is -0.350 e. The molecule has 202 valence electrons. The van der Waals surface area contributed by atoms with Gasteiger partial charge in [0.1, 0.15) is 6.04 Å². The zero-order valence-corrected chi connectivity index (χ0v) is 25.0. The molecule has 0 saturated heterocycles. The smallest absolute Gasteiger partial charge is 0.243 e. The van der Waals surface area contributed by atoms with Gasteiger partial charge in [0.15, 0.2) is 0 Å². The van der Waals surface area contributed by atoms with E-state index in [9.17, 15) is 9.59 Å². The molecule has 1 N–H and O–H groups in total. The standard InChI is InChI=1S/C31H36Cl2N2O2S/c1-21-14-22(2)16-24(15-21)19-38-20-29(36)35(18-25-26(32)12-9-13-27(25)33)28(30(37)34-31(3,4)5)17-23-10-7-6-8-11-23/h6-16,28H,17-20H2,1-5H3,(H,34,37). The zero-order valence-electron chi connectivity index (χ0n) is 22.7. The van der Waals surface area contributed by atoms with Gasteiger partial charge in [0, 0.05) is 39.9 Å². The van der Waals surface area contributed by atoms with Crippen LogP contribution in [0.5, 0.6) is 0 Å². The molecule has 0 aliphatic rings. The van der Waals surface area contributed by atoms with Crippen LogP contribution in [0.1, 0.15) is 48.6 Å². The average Bonchev–Trinajstić information content (AvgIpc) is 2.81. The van der Waals surface area contributed by atoms with Crippen molar-refractivity contribution < 1.29 is 9.59 Å². The number of nitrogens with one attached hydrogen (secondary N) is 1. The summed E-state index contributed by atoms with van der Waals surface area (Å²) in [6.45, 7) is 10.1. The van der Waals surface area contributed by atoms with E-state index in [-0.39, 0.29) is 24.1 Å². The van der Waals surface area contributed by atoms with Crippen molar-refractivity contribution in [1.29, 1.82) is 0 Å². The van der Waals surface area contributed by atoms with E-state index in [4.69, 9.17) is 23.2 Å². The highest BCUT2D eigenvalue weighted by atomic mass is 35.5. The summed E-state index contributed by atoms with van der Waals surface area (Å²) in [4.78, 5) is 29.1. The van der Waals surface area contributed by atoms with E-state index < -0.39 is 11.6 Å². The Bertz CT molecular complexity index is 1220. The Morgan fingerprint density at radius 1 is 0.895 bits per heavy atom. The molecule has 0 heterocycles. The summed E-state index contributed by atoms with van der Waals surface area (Å²) in [5, 5.41) is 4.01. The molecule has 0 aliphatic heterocycles. The predicted octanol–water partition coefficient (Wildman–Crippen LogP) is 7.40. The SMILES string of the molecule is Cc1cc(C)cc(CSCC(=O)N(Cc2c(Cl)cccc2Cl)C(Cc2ccccc2)C(=O)NC(C)(C)C)c1. The maximum absolute atomic E-state index is 13.8. The zero-order chi connectivity index (χ0) is 27.9. The lowest BCUT2D eigenvalue weighted by Crippen LogP contribution is -2.54. The Labute approximate surface area is 241 Å². The van der Waals surface area contributed by atoms with Crippen LogP contribution in [-0.4, -0.2) is 34.0 Å². The van der Waals surface area contributed by atoms with Gasteiger partial charge in [-0.1, -0.05) is 88.9 Å². The van der Waals surface area contributed by atoms with Crippen LogP contribution in [0.2, 0.25) is 10.0 Å². The van der Waals surface area contributed by atoms with E-state index in [1.807, 2.05) is 51.1 Å². The Morgan fingerprint density at radius 3 is 2.08 bits per heavy atom. The molecule has 0 spiro atoms. The molecule has 0 aromatic heterocycles. The lowest BCUT2D eigenvalue weighted by Gasteiger charge is -2.34. The molecule has 3 rings (SSSR count). The number of hydrogen-bond acceptors (Lipinski definition) is 3. The average molecular weight is 572 g/mol. The number of thioether (sulfide) groups is 1. The monoisotopic (exact) mass is 570 g/mol. The van der Waals surface area contributed by atoms with Gasteiger partial charge in [-0.05, 0) is 57.9 Å². The van der Waals surface area contributed by atoms with Crippen LogP contribution in [0.25, 0.3) is 0 Å². The molecule has 1 unspecified atom stereocenters. The molecule has 38 heavy (non-hydrogen) atoms. The van der Waals surface area contributed by atoms with Gasteiger partial charge in [-0.15, -0.1) is 11.8 Å². The van der Waals surface area contributed by atoms with Crippen molar-refractivity contribution in [3.63, 3.8) is 0 Å². The van der Waals surface area contributed by atoms with Crippen LogP contribution in [0.15, 0.2) is 66.7 Å². The van der Waals surface area contributed by atoms with Crippen molar-refractivity contribution in [2.24, 2.45) is 0 Å². The molecule has 1 atom stereocenters. The van der Waals surface area contributed by atoms with E-state index in [0.29, 0.717) is 27.8 Å². The van der Waals surface area contributed by atoms with Crippen molar-refractivity contribution in [3.05, 3.63) is 105 Å². The quantitative estimate of drug-likeness (QED) is 0.276. The summed E-state index contributed by atoms with van der Waals surface area (Å²) < 4.78 is 0. The highest BCUT2D eigenvalue weighted by molar-refractivity contribution is 7.99. The molecule has 7 heteroatoms. The van der Waals surface area contributed by atoms with E-state index >= 15 is 0 Å². The number of rotatable bonds is 10. The van der Waals surface area contributed by atoms with Crippen molar-refractivity contribution in [2.45, 2.75) is 64.9 Å². The molecule has 3 aromatic carbocycles. The number of nitrogens with zero attached hydrogens (tertiary/aromatic N) is 1. The second-order valence-electron chi connectivity index (χ2n) is 10.7. The normalized spacial score (nSPS) is 12.2. The number of carbonyl (C=O) groups excluding carboxylic acids is 2. The first-order valence-corrected chi connectivity index (χ1v) is 14.6. The second kappa shape index (κ2) is 13.5. The number of halogens is 2. The summed E-state index contributed by atoms with van der Waals surface area (Å²) in [5.74, 6) is 0.577. The number of carbonyl (C=O) groups is 2. The first-order valence-electron chi connectivity index (χ1n) is 12.7. The largest absolute Gasteiger partial charge is 0.350 e. The van der Waals surface area contributed by atoms with Crippen LogP contribution in [0.3, 0.4) is 0 Å². The lowest BCUT2D eigenvalue weighted by atomic mass is 10.0. The fraction of sp³-hybridized carbons (Fsp3) is 0.355. The Hall–Kier alpha value is -2.47. The number of hydrogen-bond donors (Lipinski definition) is 1. The van der Waals surface area contributed by atoms with Crippen molar-refractivity contribution in [1.82, 2.24) is 10.2 Å². The highest BCUT2D eigenvalue weighted by Crippen LogP contribution is 2.28. The topological polar surface area (TPSA) is 49.4 Å². The van der Waals surface area contributed by atoms with Gasteiger partial charge >= 0.3 is 0 Å². The van der Waals surface area contributed by atoms with Crippen LogP contribution >= 0.6 is 35.0 Å². The third-order valence-electron chi connectivity index (χ3n) is 5.94. The second-order valence-corrected chi connectivity index (χ2v) is 12.5. The van der Waals surface area contributed by atoms with Gasteiger partial charge in [-0.2, -0.15) is 0 Å². The van der Waals surface area contributed by atoms with Gasteiger partial charge < -0.3 is 10.2 Å². The summed E-state index contributed by atoms with van der Waals surface area (Å²) in [5.41, 5.74) is 4.71. The van der Waals surface area contributed by atoms with E-state index in [1.165, 1.54) is 28.5 Å². The number of aryl methyl sites for hydroxylation is 2. The Balaban J connectivity index is 1.92. The summed E-state index contributed by atoms with van der Waals surface area (Å²) in [6.07, 6.45) is 0.373. The van der Waals surface area contributed by atoms with Crippen molar-refractivity contribution >= 4 is 46.8 Å². The van der Waals surface area contributed by atoms with Gasteiger partial charge in [-0.25, -0.2) is 0 Å². The molecule has 0 aliphatic carbocycles. The van der Waals surface area contributed by atoms with Gasteiger partial charge in [-0.3, -0.25) is 9.59 Å². The van der Waals surface area contributed by atoms with Gasteiger partial charge in [0.25, 0.3) is 0 Å². The third kappa shape index (κ3) is 9.07. The first-order chi connectivity index (χ1) is 17.9. The molecule has 0 bridgehead atoms. The molecule has 0 saturated carbocycles. The lowest BCUT2D eigenvalue weighted by molar-refractivity contribution is -0.140. The summed E-state index contributed by atoms with van der Waals surface area (Å²) in [7, 11) is 0. The van der Waals surface area contributed by atoms with E-state index in [2.05, 4.69) is 37.4 Å². The number of benzene rings is 3. The van der Waals surface area contributed by atoms with E-state index in [1.54, 1.807) is 23.1 Å². The minimum absolute atomic E-state index is 0.135. The minimum atomic E-state index is -0.738. The Kier molecular flexibility index (Phi) is 10.7. The van der Waals surface area contributed by atoms with Gasteiger partial charge in [0.05, 0.1) is 5.75 Å². The maximum Gasteiger partial charge on any atom is 0.243 e. The summed E-state index contributed by atoms with van der Waals surface area (Å²) >= 11 is 14.6. The van der Waals surface area contributed by atoms with Crippen LogP contribution in [0.4, 0.5) is 0 Å². The van der Waals surface area contributed by atoms with Crippen molar-refractivity contribution in [2.75, 3.05) is 5.75 Å². The molecule has 3 aromatic rings. The van der Waals surface area contributed by atoms with Crippen LogP contribution in [-0.2, 0) is 28.3 Å².